The monoisotopic (exact) mass is 465 g/mol. The maximum atomic E-state index is 12.0. The van der Waals surface area contributed by atoms with Crippen molar-refractivity contribution in [1.82, 2.24) is 5.32 Å². The van der Waals surface area contributed by atoms with Crippen LogP contribution in [0.15, 0.2) is 0 Å². The van der Waals surface area contributed by atoms with E-state index in [1.807, 2.05) is 0 Å². The van der Waals surface area contributed by atoms with Crippen molar-refractivity contribution in [2.24, 2.45) is 46.3 Å². The van der Waals surface area contributed by atoms with Crippen molar-refractivity contribution in [2.75, 3.05) is 6.54 Å². The van der Waals surface area contributed by atoms with E-state index in [2.05, 4.69) is 26.1 Å². The van der Waals surface area contributed by atoms with E-state index in [9.17, 15) is 24.9 Å². The molecule has 0 saturated heterocycles. The van der Waals surface area contributed by atoms with Crippen LogP contribution in [0.2, 0.25) is 0 Å². The molecule has 33 heavy (non-hydrogen) atoms. The standard InChI is InChI=1S/C26H43NO6/c1-14(4-7-22(31)27-13-23(32)33)17-5-6-18-24-19(12-21(30)26(17,18)3)25(2)9-8-16(28)10-15(25)11-20(24)29/h14-21,24,28-30H,4-13H2,1-3H3,(H,27,31)(H,32,33)/t14-,15?,16?,17-,18+,19+,20?,21?,24+,25+,26-/m1/s1. The fourth-order valence-corrected chi connectivity index (χ4v) is 8.95. The van der Waals surface area contributed by atoms with E-state index in [1.54, 1.807) is 0 Å². The van der Waals surface area contributed by atoms with Crippen molar-refractivity contribution in [3.63, 3.8) is 0 Å². The number of aliphatic carboxylic acids is 1. The molecule has 188 valence electrons. The second-order valence-corrected chi connectivity index (χ2v) is 12.2. The molecule has 1 amide bonds. The summed E-state index contributed by atoms with van der Waals surface area (Å²) in [5.74, 6) is 0.265. The van der Waals surface area contributed by atoms with Gasteiger partial charge in [-0.1, -0.05) is 20.8 Å². The third-order valence-electron chi connectivity index (χ3n) is 10.8. The second-order valence-electron chi connectivity index (χ2n) is 12.2. The Balaban J connectivity index is 1.49. The van der Waals surface area contributed by atoms with Crippen LogP contribution in [0.25, 0.3) is 0 Å². The molecule has 0 aromatic rings. The fourth-order valence-electron chi connectivity index (χ4n) is 8.95. The lowest BCUT2D eigenvalue weighted by Gasteiger charge is -2.63. The summed E-state index contributed by atoms with van der Waals surface area (Å²) in [5, 5.41) is 44.4. The molecule has 4 aliphatic carbocycles. The summed E-state index contributed by atoms with van der Waals surface area (Å²) in [4.78, 5) is 22.7. The number of rotatable bonds is 6. The average molecular weight is 466 g/mol. The number of carbonyl (C=O) groups excluding carboxylic acids is 1. The molecule has 4 saturated carbocycles. The Bertz CT molecular complexity index is 759. The first-order valence-corrected chi connectivity index (χ1v) is 13.0. The van der Waals surface area contributed by atoms with Gasteiger partial charge in [0.05, 0.1) is 18.3 Å². The summed E-state index contributed by atoms with van der Waals surface area (Å²) in [7, 11) is 0. The molecule has 0 aromatic heterocycles. The largest absolute Gasteiger partial charge is 0.480 e. The summed E-state index contributed by atoms with van der Waals surface area (Å²) in [6, 6.07) is 0. The van der Waals surface area contributed by atoms with Gasteiger partial charge in [-0.05, 0) is 97.7 Å². The quantitative estimate of drug-likeness (QED) is 0.410. The van der Waals surface area contributed by atoms with Crippen molar-refractivity contribution in [1.29, 1.82) is 0 Å². The van der Waals surface area contributed by atoms with Crippen LogP contribution in [0.5, 0.6) is 0 Å². The van der Waals surface area contributed by atoms with Crippen LogP contribution < -0.4 is 5.32 Å². The minimum atomic E-state index is -1.04. The lowest BCUT2D eigenvalue weighted by Crippen LogP contribution is -2.62. The van der Waals surface area contributed by atoms with Crippen LogP contribution in [-0.2, 0) is 9.59 Å². The molecule has 0 heterocycles. The Kier molecular flexibility index (Phi) is 6.89. The van der Waals surface area contributed by atoms with E-state index in [0.29, 0.717) is 25.2 Å². The normalized spacial score (nSPS) is 47.7. The molecule has 11 atom stereocenters. The summed E-state index contributed by atoms with van der Waals surface area (Å²) >= 11 is 0. The third-order valence-corrected chi connectivity index (χ3v) is 10.8. The molecule has 0 spiro atoms. The third kappa shape index (κ3) is 4.23. The zero-order valence-electron chi connectivity index (χ0n) is 20.4. The lowest BCUT2D eigenvalue weighted by molar-refractivity contribution is -0.207. The number of carbonyl (C=O) groups is 2. The lowest BCUT2D eigenvalue weighted by atomic mass is 9.43. The number of hydrogen-bond donors (Lipinski definition) is 5. The first-order valence-electron chi connectivity index (χ1n) is 13.0. The van der Waals surface area contributed by atoms with Gasteiger partial charge in [0.15, 0.2) is 0 Å². The highest BCUT2D eigenvalue weighted by molar-refractivity contribution is 5.81. The van der Waals surface area contributed by atoms with Gasteiger partial charge < -0.3 is 25.7 Å². The Morgan fingerprint density at radius 2 is 1.76 bits per heavy atom. The Hall–Kier alpha value is -1.18. The van der Waals surface area contributed by atoms with E-state index in [0.717, 1.165) is 38.5 Å². The first-order chi connectivity index (χ1) is 15.5. The van der Waals surface area contributed by atoms with E-state index < -0.39 is 12.1 Å². The van der Waals surface area contributed by atoms with Crippen molar-refractivity contribution < 1.29 is 30.0 Å². The predicted molar refractivity (Wildman–Crippen MR) is 123 cm³/mol. The highest BCUT2D eigenvalue weighted by atomic mass is 16.4. The topological polar surface area (TPSA) is 127 Å². The van der Waals surface area contributed by atoms with Gasteiger partial charge in [-0.3, -0.25) is 9.59 Å². The molecule has 4 aliphatic rings. The number of carboxylic acids is 1. The van der Waals surface area contributed by atoms with Crippen LogP contribution >= 0.6 is 0 Å². The molecule has 4 unspecified atom stereocenters. The maximum Gasteiger partial charge on any atom is 0.322 e. The maximum absolute atomic E-state index is 12.0. The number of amides is 1. The van der Waals surface area contributed by atoms with Crippen molar-refractivity contribution in [3.8, 4) is 0 Å². The first kappa shape index (κ1) is 24.9. The number of aliphatic hydroxyl groups excluding tert-OH is 3. The Labute approximate surface area is 197 Å². The SMILES string of the molecule is C[C@H](CCC(=O)NCC(=O)O)[C@H]1CC[C@H]2[C@@H]3C(O)CC4CC(O)CC[C@]4(C)[C@H]3CC(O)[C@]12C. The van der Waals surface area contributed by atoms with Crippen LogP contribution in [0.4, 0.5) is 0 Å². The smallest absolute Gasteiger partial charge is 0.322 e. The molecule has 0 aromatic carbocycles. The molecule has 7 nitrogen and oxygen atoms in total. The predicted octanol–water partition coefficient (Wildman–Crippen LogP) is 2.56. The number of carboxylic acid groups (broad SMARTS) is 1. The molecule has 0 aliphatic heterocycles. The molecule has 0 bridgehead atoms. The highest BCUT2D eigenvalue weighted by Crippen LogP contribution is 2.68. The molecular formula is C26H43NO6. The van der Waals surface area contributed by atoms with Crippen molar-refractivity contribution in [2.45, 2.75) is 96.9 Å². The fraction of sp³-hybridized carbons (Fsp3) is 0.923. The number of fused-ring (bicyclic) bond motifs is 5. The van der Waals surface area contributed by atoms with Crippen molar-refractivity contribution in [3.05, 3.63) is 0 Å². The summed E-state index contributed by atoms with van der Waals surface area (Å²) in [6.45, 7) is 6.35. The number of nitrogens with one attached hydrogen (secondary N) is 1. The molecule has 5 N–H and O–H groups in total. The van der Waals surface area contributed by atoms with Crippen molar-refractivity contribution >= 4 is 11.9 Å². The zero-order valence-corrected chi connectivity index (χ0v) is 20.4. The van der Waals surface area contributed by atoms with Gasteiger partial charge in [0.25, 0.3) is 0 Å². The Morgan fingerprint density at radius 1 is 1.03 bits per heavy atom. The van der Waals surface area contributed by atoms with Gasteiger partial charge in [0, 0.05) is 6.42 Å². The van der Waals surface area contributed by atoms with Gasteiger partial charge in [0.1, 0.15) is 6.54 Å². The summed E-state index contributed by atoms with van der Waals surface area (Å²) in [6.07, 6.45) is 5.86. The van der Waals surface area contributed by atoms with Gasteiger partial charge >= 0.3 is 5.97 Å². The minimum absolute atomic E-state index is 0.0668. The van der Waals surface area contributed by atoms with E-state index >= 15 is 0 Å². The molecular weight excluding hydrogens is 422 g/mol. The van der Waals surface area contributed by atoms with E-state index in [4.69, 9.17) is 5.11 Å². The van der Waals surface area contributed by atoms with E-state index in [1.165, 1.54) is 0 Å². The minimum Gasteiger partial charge on any atom is -0.480 e. The average Bonchev–Trinajstić information content (AvgIpc) is 3.11. The molecule has 7 heteroatoms. The van der Waals surface area contributed by atoms with Crippen LogP contribution in [-0.4, -0.2) is 57.2 Å². The Morgan fingerprint density at radius 3 is 2.45 bits per heavy atom. The number of aliphatic hydroxyl groups is 3. The van der Waals surface area contributed by atoms with Gasteiger partial charge in [-0.15, -0.1) is 0 Å². The summed E-state index contributed by atoms with van der Waals surface area (Å²) in [5.41, 5.74) is -0.214. The van der Waals surface area contributed by atoms with Crippen LogP contribution in [0, 0.1) is 46.3 Å². The zero-order chi connectivity index (χ0) is 24.1. The second kappa shape index (κ2) is 9.12. The van der Waals surface area contributed by atoms with E-state index in [-0.39, 0.29) is 65.1 Å². The van der Waals surface area contributed by atoms with Gasteiger partial charge in [-0.25, -0.2) is 0 Å². The van der Waals surface area contributed by atoms with Gasteiger partial charge in [-0.2, -0.15) is 0 Å². The summed E-state index contributed by atoms with van der Waals surface area (Å²) < 4.78 is 0. The van der Waals surface area contributed by atoms with Crippen LogP contribution in [0.1, 0.15) is 78.6 Å². The molecule has 4 fully saturated rings. The molecule has 0 radical (unpaired) electrons. The number of hydrogen-bond acceptors (Lipinski definition) is 5. The van der Waals surface area contributed by atoms with Gasteiger partial charge in [0.2, 0.25) is 5.91 Å². The van der Waals surface area contributed by atoms with Crippen LogP contribution in [0.3, 0.4) is 0 Å². The highest BCUT2D eigenvalue weighted by Gasteiger charge is 2.65. The molecule has 4 rings (SSSR count).